The number of fused-ring (bicyclic) bond motifs is 1. The fourth-order valence-corrected chi connectivity index (χ4v) is 5.41. The van der Waals surface area contributed by atoms with Crippen LogP contribution in [-0.2, 0) is 0 Å². The molecule has 0 aliphatic carbocycles. The first-order chi connectivity index (χ1) is 17.1. The highest BCUT2D eigenvalue weighted by atomic mass is 35.5. The molecule has 4 N–H and O–H groups in total. The number of aliphatic hydroxyl groups is 1. The second kappa shape index (κ2) is 9.48. The molecule has 4 heterocycles. The molecule has 3 aromatic heterocycles. The number of anilines is 1. The minimum absolute atomic E-state index is 0.231. The minimum atomic E-state index is -0.544. The van der Waals surface area contributed by atoms with Gasteiger partial charge in [-0.3, -0.25) is 10.1 Å². The Bertz CT molecular complexity index is 1400. The average molecular weight is 531 g/mol. The van der Waals surface area contributed by atoms with Crippen LogP contribution in [0.1, 0.15) is 31.9 Å². The van der Waals surface area contributed by atoms with Crippen LogP contribution in [-0.4, -0.2) is 50.0 Å². The molecule has 4 aromatic rings. The van der Waals surface area contributed by atoms with Crippen molar-refractivity contribution in [3.8, 4) is 17.0 Å². The summed E-state index contributed by atoms with van der Waals surface area (Å²) < 4.78 is 21.2. The van der Waals surface area contributed by atoms with E-state index < -0.39 is 23.6 Å². The number of benzene rings is 1. The van der Waals surface area contributed by atoms with Gasteiger partial charge in [0.2, 0.25) is 0 Å². The molecule has 1 aliphatic rings. The van der Waals surface area contributed by atoms with Gasteiger partial charge >= 0.3 is 0 Å². The van der Waals surface area contributed by atoms with Crippen LogP contribution >= 0.6 is 23.2 Å². The van der Waals surface area contributed by atoms with Crippen LogP contribution in [0.5, 0.6) is 5.75 Å². The molecule has 5 rings (SSSR count). The van der Waals surface area contributed by atoms with Crippen LogP contribution in [0.25, 0.3) is 22.2 Å². The normalized spacial score (nSPS) is 16.6. The smallest absolute Gasteiger partial charge is 0.166 e. The summed E-state index contributed by atoms with van der Waals surface area (Å²) in [5.41, 5.74) is 8.20. The van der Waals surface area contributed by atoms with E-state index in [4.69, 9.17) is 33.7 Å². The van der Waals surface area contributed by atoms with Crippen molar-refractivity contribution in [2.45, 2.75) is 38.0 Å². The van der Waals surface area contributed by atoms with Crippen molar-refractivity contribution in [2.24, 2.45) is 5.73 Å². The van der Waals surface area contributed by atoms with E-state index in [1.54, 1.807) is 18.0 Å². The molecule has 1 fully saturated rings. The van der Waals surface area contributed by atoms with E-state index in [2.05, 4.69) is 20.2 Å². The number of aromatic nitrogens is 4. The Morgan fingerprint density at radius 1 is 1.19 bits per heavy atom. The van der Waals surface area contributed by atoms with Crippen molar-refractivity contribution < 1.29 is 14.2 Å². The lowest BCUT2D eigenvalue weighted by atomic mass is 9.85. The Kier molecular flexibility index (Phi) is 6.50. The molecule has 0 spiro atoms. The third kappa shape index (κ3) is 4.71. The fraction of sp³-hybridized carbons (Fsp3) is 0.320. The zero-order valence-corrected chi connectivity index (χ0v) is 21.2. The summed E-state index contributed by atoms with van der Waals surface area (Å²) in [5, 5.41) is 18.6. The van der Waals surface area contributed by atoms with Crippen molar-refractivity contribution in [3.05, 3.63) is 64.3 Å². The first-order valence-corrected chi connectivity index (χ1v) is 12.2. The van der Waals surface area contributed by atoms with Crippen molar-refractivity contribution in [2.75, 3.05) is 18.0 Å². The van der Waals surface area contributed by atoms with E-state index in [1.165, 1.54) is 18.5 Å². The molecule has 0 bridgehead atoms. The maximum Gasteiger partial charge on any atom is 0.166 e. The van der Waals surface area contributed by atoms with Gasteiger partial charge in [-0.25, -0.2) is 9.37 Å². The number of rotatable bonds is 7. The van der Waals surface area contributed by atoms with Crippen LogP contribution in [0, 0.1) is 5.82 Å². The van der Waals surface area contributed by atoms with Gasteiger partial charge in [-0.2, -0.15) is 5.10 Å². The van der Waals surface area contributed by atoms with Crippen molar-refractivity contribution in [3.63, 3.8) is 0 Å². The molecular formula is C25H25Cl2FN6O2. The summed E-state index contributed by atoms with van der Waals surface area (Å²) in [5.74, 6) is 0.338. The number of hydrogen-bond acceptors (Lipinski definition) is 7. The second-order valence-electron chi connectivity index (χ2n) is 9.36. The molecular weight excluding hydrogens is 506 g/mol. The van der Waals surface area contributed by atoms with E-state index >= 15 is 4.39 Å². The molecule has 0 radical (unpaired) electrons. The Morgan fingerprint density at radius 3 is 2.58 bits per heavy atom. The zero-order valence-electron chi connectivity index (χ0n) is 19.7. The van der Waals surface area contributed by atoms with Gasteiger partial charge in [0.1, 0.15) is 17.5 Å². The molecule has 11 heteroatoms. The van der Waals surface area contributed by atoms with Gasteiger partial charge in [0.25, 0.3) is 0 Å². The van der Waals surface area contributed by atoms with Gasteiger partial charge in [0.15, 0.2) is 11.6 Å². The molecule has 0 unspecified atom stereocenters. The van der Waals surface area contributed by atoms with Crippen molar-refractivity contribution >= 4 is 39.9 Å². The van der Waals surface area contributed by atoms with Gasteiger partial charge in [-0.15, -0.1) is 0 Å². The highest BCUT2D eigenvalue weighted by Gasteiger charge is 2.41. The van der Waals surface area contributed by atoms with Crippen LogP contribution < -0.4 is 15.4 Å². The maximum atomic E-state index is 15.1. The number of pyridine rings is 2. The number of nitrogens with two attached hydrogens (primary N) is 1. The minimum Gasteiger partial charge on any atom is -0.486 e. The number of nitrogens with zero attached hydrogens (tertiary/aromatic N) is 4. The number of hydrogen-bond donors (Lipinski definition) is 3. The number of aromatic amines is 1. The molecule has 188 valence electrons. The molecule has 1 saturated heterocycles. The molecule has 1 aromatic carbocycles. The van der Waals surface area contributed by atoms with Gasteiger partial charge in [0.05, 0.1) is 27.2 Å². The second-order valence-corrected chi connectivity index (χ2v) is 10.2. The lowest BCUT2D eigenvalue weighted by molar-refractivity contribution is 0.134. The molecule has 8 nitrogen and oxygen atoms in total. The Labute approximate surface area is 217 Å². The van der Waals surface area contributed by atoms with Crippen molar-refractivity contribution in [1.29, 1.82) is 0 Å². The quantitative estimate of drug-likeness (QED) is 0.311. The molecule has 36 heavy (non-hydrogen) atoms. The summed E-state index contributed by atoms with van der Waals surface area (Å²) in [4.78, 5) is 10.1. The van der Waals surface area contributed by atoms with Gasteiger partial charge < -0.3 is 20.5 Å². The SMILES string of the molecule is C[C@@H](O)CC1(N)CN(c2ncc(-c3n[nH]c4ccc(O[C@H](C)c5c(Cl)cncc5Cl)cc34)cc2F)C1. The first kappa shape index (κ1) is 24.7. The maximum absolute atomic E-state index is 15.1. The predicted octanol–water partition coefficient (Wildman–Crippen LogP) is 4.89. The largest absolute Gasteiger partial charge is 0.486 e. The summed E-state index contributed by atoms with van der Waals surface area (Å²) in [6.45, 7) is 4.39. The molecule has 1 aliphatic heterocycles. The molecule has 2 atom stereocenters. The lowest BCUT2D eigenvalue weighted by Crippen LogP contribution is -2.68. The Morgan fingerprint density at radius 2 is 1.92 bits per heavy atom. The topological polar surface area (TPSA) is 113 Å². The van der Waals surface area contributed by atoms with E-state index in [0.717, 1.165) is 10.9 Å². The first-order valence-electron chi connectivity index (χ1n) is 11.4. The van der Waals surface area contributed by atoms with Crippen molar-refractivity contribution in [1.82, 2.24) is 20.2 Å². The van der Waals surface area contributed by atoms with Crippen LogP contribution in [0.3, 0.4) is 0 Å². The lowest BCUT2D eigenvalue weighted by Gasteiger charge is -2.49. The van der Waals surface area contributed by atoms with Crippen LogP contribution in [0.15, 0.2) is 42.9 Å². The van der Waals surface area contributed by atoms with E-state index in [0.29, 0.717) is 52.1 Å². The monoisotopic (exact) mass is 530 g/mol. The number of ether oxygens (including phenoxy) is 1. The number of nitrogens with one attached hydrogen (secondary N) is 1. The molecule has 0 saturated carbocycles. The average Bonchev–Trinajstić information content (AvgIpc) is 3.20. The summed E-state index contributed by atoms with van der Waals surface area (Å²) in [7, 11) is 0. The van der Waals surface area contributed by atoms with E-state index in [-0.39, 0.29) is 5.82 Å². The molecule has 0 amide bonds. The standard InChI is InChI=1S/C25H25Cl2FN6O2/c1-13(35)7-25(29)11-34(12-25)24-20(28)5-15(8-31-24)23-17-6-16(3-4-21(17)32-33-23)36-14(2)22-18(26)9-30-10-19(22)27/h3-6,8-10,13-14,35H,7,11-12,29H2,1-2H3,(H,32,33)/t13-,14-/m1/s1. The van der Waals surface area contributed by atoms with E-state index in [1.807, 2.05) is 25.1 Å². The number of halogens is 3. The Balaban J connectivity index is 1.38. The number of H-pyrrole nitrogens is 1. The number of aliphatic hydroxyl groups excluding tert-OH is 1. The fourth-order valence-electron chi connectivity index (χ4n) is 4.73. The summed E-state index contributed by atoms with van der Waals surface area (Å²) in [6, 6.07) is 6.89. The van der Waals surface area contributed by atoms with Gasteiger partial charge in [-0.1, -0.05) is 23.2 Å². The zero-order chi connectivity index (χ0) is 25.6. The predicted molar refractivity (Wildman–Crippen MR) is 138 cm³/mol. The third-order valence-corrected chi connectivity index (χ3v) is 6.85. The Hall–Kier alpha value is -2.98. The van der Waals surface area contributed by atoms with Crippen LogP contribution in [0.2, 0.25) is 10.0 Å². The summed E-state index contributed by atoms with van der Waals surface area (Å²) in [6.07, 6.45) is 4.13. The van der Waals surface area contributed by atoms with Gasteiger partial charge in [0, 0.05) is 48.2 Å². The highest BCUT2D eigenvalue weighted by molar-refractivity contribution is 6.35. The highest BCUT2D eigenvalue weighted by Crippen LogP contribution is 2.36. The third-order valence-electron chi connectivity index (χ3n) is 6.25. The van der Waals surface area contributed by atoms with Crippen LogP contribution in [0.4, 0.5) is 10.2 Å². The van der Waals surface area contributed by atoms with E-state index in [9.17, 15) is 5.11 Å². The summed E-state index contributed by atoms with van der Waals surface area (Å²) >= 11 is 12.5. The van der Waals surface area contributed by atoms with Gasteiger partial charge in [-0.05, 0) is 44.5 Å².